The summed E-state index contributed by atoms with van der Waals surface area (Å²) in [6.07, 6.45) is -5.85. The predicted molar refractivity (Wildman–Crippen MR) is 124 cm³/mol. The van der Waals surface area contributed by atoms with Crippen LogP contribution in [0.1, 0.15) is 33.9 Å². The first-order valence-corrected chi connectivity index (χ1v) is 10.7. The topological polar surface area (TPSA) is 109 Å². The molecule has 1 unspecified atom stereocenters. The number of rotatable bonds is 8. The number of Topliss-reactive ketones (excluding diaryl/α,β-unsaturated/α-hetero) is 1. The normalized spacial score (nSPS) is 12.0. The number of carbonyl (C=O) groups is 2. The van der Waals surface area contributed by atoms with Crippen molar-refractivity contribution >= 4 is 23.4 Å². The zero-order valence-corrected chi connectivity index (χ0v) is 19.4. The number of nitrogens with zero attached hydrogens (tertiary/aromatic N) is 2. The Kier molecular flexibility index (Phi) is 7.85. The van der Waals surface area contributed by atoms with Crippen molar-refractivity contribution in [3.8, 4) is 22.9 Å². The standard InChI is InChI=1S/C25H18ClF3N2O5/c1-36-22-13-31(23(33)10-19(22)18-9-17(26)7-6-16(18)12-30)20(11-25(27,28)29)21(32)8-14-2-4-15(5-3-14)24(34)35/h2-7,9-10,13,20H,8,11H2,1H3,(H,34,35). The molecule has 0 saturated carbocycles. The van der Waals surface area contributed by atoms with E-state index in [4.69, 9.17) is 21.4 Å². The van der Waals surface area contributed by atoms with Gasteiger partial charge < -0.3 is 14.4 Å². The van der Waals surface area contributed by atoms with Crippen LogP contribution in [0.5, 0.6) is 5.75 Å². The van der Waals surface area contributed by atoms with Gasteiger partial charge >= 0.3 is 12.1 Å². The maximum absolute atomic E-state index is 13.4. The number of ketones is 1. The summed E-state index contributed by atoms with van der Waals surface area (Å²) in [4.78, 5) is 37.0. The third kappa shape index (κ3) is 6.12. The molecule has 0 saturated heterocycles. The van der Waals surface area contributed by atoms with Crippen molar-refractivity contribution in [3.05, 3.63) is 86.8 Å². The van der Waals surface area contributed by atoms with Gasteiger partial charge in [0, 0.05) is 28.6 Å². The van der Waals surface area contributed by atoms with Crippen molar-refractivity contribution in [2.75, 3.05) is 7.11 Å². The van der Waals surface area contributed by atoms with E-state index in [0.29, 0.717) is 4.57 Å². The fourth-order valence-electron chi connectivity index (χ4n) is 3.65. The maximum Gasteiger partial charge on any atom is 0.391 e. The van der Waals surface area contributed by atoms with Crippen LogP contribution in [0.4, 0.5) is 13.2 Å². The Labute approximate surface area is 207 Å². The van der Waals surface area contributed by atoms with Crippen molar-refractivity contribution in [3.63, 3.8) is 0 Å². The highest BCUT2D eigenvalue weighted by Crippen LogP contribution is 2.35. The molecule has 0 aliphatic rings. The number of benzene rings is 2. The first kappa shape index (κ1) is 26.5. The van der Waals surface area contributed by atoms with Crippen molar-refractivity contribution < 1.29 is 32.6 Å². The summed E-state index contributed by atoms with van der Waals surface area (Å²) in [5, 5.41) is 18.7. The molecule has 0 fully saturated rings. The molecule has 0 amide bonds. The van der Waals surface area contributed by atoms with E-state index in [0.717, 1.165) is 12.3 Å². The zero-order valence-electron chi connectivity index (χ0n) is 18.7. The lowest BCUT2D eigenvalue weighted by molar-refractivity contribution is -0.151. The molecule has 1 heterocycles. The second kappa shape index (κ2) is 10.7. The Hall–Kier alpha value is -4.10. The Morgan fingerprint density at radius 3 is 2.36 bits per heavy atom. The number of aromatic nitrogens is 1. The molecule has 3 aromatic rings. The largest absolute Gasteiger partial charge is 0.495 e. The van der Waals surface area contributed by atoms with Gasteiger partial charge in [-0.2, -0.15) is 18.4 Å². The highest BCUT2D eigenvalue weighted by atomic mass is 35.5. The summed E-state index contributed by atoms with van der Waals surface area (Å²) in [6, 6.07) is 10.4. The molecule has 0 bridgehead atoms. The second-order valence-electron chi connectivity index (χ2n) is 7.78. The van der Waals surface area contributed by atoms with Crippen LogP contribution in [0.3, 0.4) is 0 Å². The van der Waals surface area contributed by atoms with E-state index >= 15 is 0 Å². The van der Waals surface area contributed by atoms with Gasteiger partial charge in [-0.3, -0.25) is 9.59 Å². The van der Waals surface area contributed by atoms with Crippen molar-refractivity contribution in [1.29, 1.82) is 5.26 Å². The molecule has 186 valence electrons. The molecule has 0 aliphatic carbocycles. The van der Waals surface area contributed by atoms with Crippen LogP contribution >= 0.6 is 11.6 Å². The van der Waals surface area contributed by atoms with Gasteiger partial charge in [0.15, 0.2) is 5.78 Å². The van der Waals surface area contributed by atoms with E-state index in [1.54, 1.807) is 0 Å². The predicted octanol–water partition coefficient (Wildman–Crippen LogP) is 5.05. The molecule has 0 radical (unpaired) electrons. The SMILES string of the molecule is COc1cn(C(CC(F)(F)F)C(=O)Cc2ccc(C(=O)O)cc2)c(=O)cc1-c1cc(Cl)ccc1C#N. The molecule has 36 heavy (non-hydrogen) atoms. The van der Waals surface area contributed by atoms with E-state index < -0.39 is 42.4 Å². The van der Waals surface area contributed by atoms with E-state index in [1.165, 1.54) is 49.6 Å². The highest BCUT2D eigenvalue weighted by molar-refractivity contribution is 6.31. The van der Waals surface area contributed by atoms with Crippen LogP contribution in [0.2, 0.25) is 5.02 Å². The van der Waals surface area contributed by atoms with Gasteiger partial charge in [-0.1, -0.05) is 23.7 Å². The van der Waals surface area contributed by atoms with Gasteiger partial charge in [0.2, 0.25) is 0 Å². The maximum atomic E-state index is 13.4. The zero-order chi connectivity index (χ0) is 26.6. The Bertz CT molecular complexity index is 1410. The van der Waals surface area contributed by atoms with E-state index in [1.807, 2.05) is 6.07 Å². The van der Waals surface area contributed by atoms with Gasteiger partial charge in [0.1, 0.15) is 11.8 Å². The van der Waals surface area contributed by atoms with Gasteiger partial charge in [-0.25, -0.2) is 4.79 Å². The van der Waals surface area contributed by atoms with Crippen LogP contribution in [0.25, 0.3) is 11.1 Å². The van der Waals surface area contributed by atoms with Crippen LogP contribution < -0.4 is 10.3 Å². The molecule has 0 spiro atoms. The van der Waals surface area contributed by atoms with E-state index in [9.17, 15) is 32.8 Å². The molecule has 0 aliphatic heterocycles. The lowest BCUT2D eigenvalue weighted by Crippen LogP contribution is -2.33. The molecule has 2 aromatic carbocycles. The molecule has 1 aromatic heterocycles. The number of carboxylic acid groups (broad SMARTS) is 1. The Morgan fingerprint density at radius 1 is 1.14 bits per heavy atom. The second-order valence-corrected chi connectivity index (χ2v) is 8.22. The minimum atomic E-state index is -4.78. The summed E-state index contributed by atoms with van der Waals surface area (Å²) in [7, 11) is 1.23. The molecule has 1 atom stereocenters. The monoisotopic (exact) mass is 518 g/mol. The van der Waals surface area contributed by atoms with Crippen molar-refractivity contribution in [1.82, 2.24) is 4.57 Å². The number of carboxylic acids is 1. The minimum absolute atomic E-state index is 0.0425. The average Bonchev–Trinajstić information content (AvgIpc) is 2.82. The Balaban J connectivity index is 2.07. The number of methoxy groups -OCH3 is 1. The number of nitriles is 1. The summed E-state index contributed by atoms with van der Waals surface area (Å²) in [5.41, 5.74) is -0.164. The molecule has 7 nitrogen and oxygen atoms in total. The van der Waals surface area contributed by atoms with Crippen LogP contribution in [-0.2, 0) is 11.2 Å². The number of hydrogen-bond acceptors (Lipinski definition) is 5. The molecule has 1 N–H and O–H groups in total. The number of hydrogen-bond donors (Lipinski definition) is 1. The van der Waals surface area contributed by atoms with Crippen LogP contribution in [0.15, 0.2) is 59.5 Å². The first-order chi connectivity index (χ1) is 16.9. The number of alkyl halides is 3. The van der Waals surface area contributed by atoms with Gasteiger partial charge in [0.25, 0.3) is 5.56 Å². The van der Waals surface area contributed by atoms with Crippen LogP contribution in [-0.4, -0.2) is 34.7 Å². The molecular weight excluding hydrogens is 501 g/mol. The number of pyridine rings is 1. The van der Waals surface area contributed by atoms with Gasteiger partial charge in [-0.15, -0.1) is 0 Å². The summed E-state index contributed by atoms with van der Waals surface area (Å²) >= 11 is 6.02. The quantitative estimate of drug-likeness (QED) is 0.447. The number of carbonyl (C=O) groups excluding carboxylic acids is 1. The van der Waals surface area contributed by atoms with Gasteiger partial charge in [0.05, 0.1) is 36.9 Å². The molecular formula is C25H18ClF3N2O5. The lowest BCUT2D eigenvalue weighted by atomic mass is 9.98. The minimum Gasteiger partial charge on any atom is -0.495 e. The number of halogens is 4. The fraction of sp³-hybridized carbons (Fsp3) is 0.200. The smallest absolute Gasteiger partial charge is 0.391 e. The third-order valence-corrected chi connectivity index (χ3v) is 5.60. The first-order valence-electron chi connectivity index (χ1n) is 10.4. The van der Waals surface area contributed by atoms with Gasteiger partial charge in [-0.05, 0) is 35.9 Å². The molecule has 3 rings (SSSR count). The number of ether oxygens (including phenoxy) is 1. The van der Waals surface area contributed by atoms with E-state index in [2.05, 4.69) is 0 Å². The Morgan fingerprint density at radius 2 is 1.81 bits per heavy atom. The van der Waals surface area contributed by atoms with E-state index in [-0.39, 0.29) is 38.6 Å². The molecule has 11 heteroatoms. The van der Waals surface area contributed by atoms with Crippen molar-refractivity contribution in [2.24, 2.45) is 0 Å². The lowest BCUT2D eigenvalue weighted by Gasteiger charge is -2.22. The third-order valence-electron chi connectivity index (χ3n) is 5.37. The fourth-order valence-corrected chi connectivity index (χ4v) is 3.82. The summed E-state index contributed by atoms with van der Waals surface area (Å²) < 4.78 is 46.2. The summed E-state index contributed by atoms with van der Waals surface area (Å²) in [6.45, 7) is 0. The number of aromatic carboxylic acids is 1. The van der Waals surface area contributed by atoms with Crippen LogP contribution in [0, 0.1) is 11.3 Å². The average molecular weight is 519 g/mol. The van der Waals surface area contributed by atoms with Crippen molar-refractivity contribution in [2.45, 2.75) is 25.1 Å². The highest BCUT2D eigenvalue weighted by Gasteiger charge is 2.37. The summed E-state index contributed by atoms with van der Waals surface area (Å²) in [5.74, 6) is -2.15.